The summed E-state index contributed by atoms with van der Waals surface area (Å²) in [6.45, 7) is 8.63. The molecule has 0 saturated heterocycles. The largest absolute Gasteiger partial charge is 0.481 e. The summed E-state index contributed by atoms with van der Waals surface area (Å²) in [5.41, 5.74) is 3.23. The molecule has 2 N–H and O–H groups in total. The molecule has 0 radical (unpaired) electrons. The lowest BCUT2D eigenvalue weighted by Gasteiger charge is -2.19. The van der Waals surface area contributed by atoms with E-state index in [0.717, 1.165) is 18.4 Å². The average Bonchev–Trinajstić information content (AvgIpc) is 2.69. The van der Waals surface area contributed by atoms with Crippen LogP contribution in [0.15, 0.2) is 42.5 Å². The number of ether oxygens (including phenoxy) is 1. The molecule has 0 heterocycles. The molecule has 0 bridgehead atoms. The fraction of sp³-hybridized carbons (Fsp3) is 0.391. The minimum absolute atomic E-state index is 0.188. The second-order valence-corrected chi connectivity index (χ2v) is 6.91. The van der Waals surface area contributed by atoms with Crippen molar-refractivity contribution in [1.82, 2.24) is 5.32 Å². The van der Waals surface area contributed by atoms with Gasteiger partial charge in [-0.3, -0.25) is 9.59 Å². The van der Waals surface area contributed by atoms with E-state index >= 15 is 0 Å². The first-order chi connectivity index (χ1) is 13.5. The molecular formula is C23H30N2O3. The highest BCUT2D eigenvalue weighted by Gasteiger charge is 2.21. The highest BCUT2D eigenvalue weighted by atomic mass is 16.5. The Morgan fingerprint density at radius 1 is 1.04 bits per heavy atom. The molecule has 2 rings (SSSR count). The van der Waals surface area contributed by atoms with Crippen LogP contribution in [0.25, 0.3) is 0 Å². The van der Waals surface area contributed by atoms with E-state index in [-0.39, 0.29) is 11.8 Å². The maximum atomic E-state index is 12.8. The third-order valence-electron chi connectivity index (χ3n) is 4.67. The predicted molar refractivity (Wildman–Crippen MR) is 113 cm³/mol. The van der Waals surface area contributed by atoms with Crippen molar-refractivity contribution in [2.24, 2.45) is 0 Å². The Balaban J connectivity index is 2.09. The molecule has 0 saturated carbocycles. The van der Waals surface area contributed by atoms with E-state index in [1.807, 2.05) is 39.0 Å². The number of benzene rings is 2. The van der Waals surface area contributed by atoms with Crippen molar-refractivity contribution in [2.45, 2.75) is 53.1 Å². The van der Waals surface area contributed by atoms with Gasteiger partial charge in [0.1, 0.15) is 5.75 Å². The Hall–Kier alpha value is -2.82. The lowest BCUT2D eigenvalue weighted by atomic mass is 10.1. The van der Waals surface area contributed by atoms with Crippen LogP contribution in [0.5, 0.6) is 5.75 Å². The van der Waals surface area contributed by atoms with Crippen LogP contribution in [0.4, 0.5) is 5.69 Å². The van der Waals surface area contributed by atoms with E-state index in [1.165, 1.54) is 5.56 Å². The number of rotatable bonds is 9. The van der Waals surface area contributed by atoms with Gasteiger partial charge in [0.15, 0.2) is 6.10 Å². The Kier molecular flexibility index (Phi) is 8.05. The zero-order valence-corrected chi connectivity index (χ0v) is 17.2. The van der Waals surface area contributed by atoms with Crippen LogP contribution in [0.1, 0.15) is 54.6 Å². The van der Waals surface area contributed by atoms with Gasteiger partial charge in [0.25, 0.3) is 11.8 Å². The van der Waals surface area contributed by atoms with Gasteiger partial charge < -0.3 is 15.4 Å². The second-order valence-electron chi connectivity index (χ2n) is 6.91. The van der Waals surface area contributed by atoms with Gasteiger partial charge >= 0.3 is 0 Å². The summed E-state index contributed by atoms with van der Waals surface area (Å²) in [6, 6.07) is 12.8. The van der Waals surface area contributed by atoms with Crippen molar-refractivity contribution < 1.29 is 14.3 Å². The summed E-state index contributed by atoms with van der Waals surface area (Å²) in [4.78, 5) is 25.2. The number of nitrogens with one attached hydrogen (secondary N) is 2. The van der Waals surface area contributed by atoms with Gasteiger partial charge in [-0.25, -0.2) is 0 Å². The molecule has 2 aromatic carbocycles. The van der Waals surface area contributed by atoms with Crippen LogP contribution in [0.2, 0.25) is 0 Å². The minimum Gasteiger partial charge on any atom is -0.481 e. The van der Waals surface area contributed by atoms with E-state index in [2.05, 4.69) is 17.6 Å². The minimum atomic E-state index is -0.640. The number of carbonyl (C=O) groups excluding carboxylic acids is 2. The first kappa shape index (κ1) is 21.5. The lowest BCUT2D eigenvalue weighted by Crippen LogP contribution is -2.33. The van der Waals surface area contributed by atoms with Crippen LogP contribution in [-0.2, 0) is 4.79 Å². The van der Waals surface area contributed by atoms with E-state index in [0.29, 0.717) is 30.0 Å². The number of carbonyl (C=O) groups is 2. The monoisotopic (exact) mass is 382 g/mol. The Labute approximate surface area is 167 Å². The molecule has 28 heavy (non-hydrogen) atoms. The Morgan fingerprint density at radius 2 is 1.79 bits per heavy atom. The molecular weight excluding hydrogens is 352 g/mol. The maximum absolute atomic E-state index is 12.8. The summed E-state index contributed by atoms with van der Waals surface area (Å²) < 4.78 is 5.90. The van der Waals surface area contributed by atoms with Crippen molar-refractivity contribution in [3.63, 3.8) is 0 Å². The number of anilines is 1. The molecule has 1 atom stereocenters. The molecule has 0 aliphatic rings. The molecule has 0 fully saturated rings. The molecule has 150 valence electrons. The zero-order valence-electron chi connectivity index (χ0n) is 17.2. The van der Waals surface area contributed by atoms with Gasteiger partial charge in [-0.05, 0) is 62.1 Å². The molecule has 0 aliphatic heterocycles. The molecule has 5 heteroatoms. The molecule has 2 amide bonds. The number of unbranched alkanes of at least 4 members (excludes halogenated alkanes) is 1. The van der Waals surface area contributed by atoms with Gasteiger partial charge in [-0.15, -0.1) is 0 Å². The highest BCUT2D eigenvalue weighted by Crippen LogP contribution is 2.20. The van der Waals surface area contributed by atoms with Gasteiger partial charge in [-0.2, -0.15) is 0 Å². The summed E-state index contributed by atoms with van der Waals surface area (Å²) >= 11 is 0. The van der Waals surface area contributed by atoms with Crippen LogP contribution in [-0.4, -0.2) is 24.5 Å². The van der Waals surface area contributed by atoms with Crippen molar-refractivity contribution in [3.05, 3.63) is 59.2 Å². The van der Waals surface area contributed by atoms with E-state index in [1.54, 1.807) is 24.3 Å². The smallest absolute Gasteiger partial charge is 0.265 e. The summed E-state index contributed by atoms with van der Waals surface area (Å²) in [7, 11) is 0. The normalized spacial score (nSPS) is 11.6. The third-order valence-corrected chi connectivity index (χ3v) is 4.67. The SMILES string of the molecule is CCCCNC(=O)c1ccccc1NC(=O)C(CC)Oc1ccc(C)c(C)c1. The standard InChI is InChI=1S/C23H30N2O3/c1-5-7-14-24-22(26)19-10-8-9-11-20(19)25-23(27)21(6-2)28-18-13-12-16(3)17(4)15-18/h8-13,15,21H,5-7,14H2,1-4H3,(H,24,26)(H,25,27). The van der Waals surface area contributed by atoms with E-state index in [4.69, 9.17) is 4.74 Å². The van der Waals surface area contributed by atoms with Crippen LogP contribution in [0.3, 0.4) is 0 Å². The van der Waals surface area contributed by atoms with Crippen molar-refractivity contribution >= 4 is 17.5 Å². The Morgan fingerprint density at radius 3 is 2.46 bits per heavy atom. The van der Waals surface area contributed by atoms with E-state index in [9.17, 15) is 9.59 Å². The quantitative estimate of drug-likeness (QED) is 0.621. The lowest BCUT2D eigenvalue weighted by molar-refractivity contribution is -0.122. The molecule has 0 aliphatic carbocycles. The summed E-state index contributed by atoms with van der Waals surface area (Å²) in [5.74, 6) is 0.206. The third kappa shape index (κ3) is 5.84. The predicted octanol–water partition coefficient (Wildman–Crippen LogP) is 4.63. The van der Waals surface area contributed by atoms with Crippen molar-refractivity contribution in [2.75, 3.05) is 11.9 Å². The maximum Gasteiger partial charge on any atom is 0.265 e. The van der Waals surface area contributed by atoms with Gasteiger partial charge in [0.05, 0.1) is 11.3 Å². The first-order valence-electron chi connectivity index (χ1n) is 9.88. The molecule has 0 spiro atoms. The Bertz CT molecular complexity index is 817. The van der Waals surface area contributed by atoms with Crippen LogP contribution in [0, 0.1) is 13.8 Å². The van der Waals surface area contributed by atoms with Crippen molar-refractivity contribution in [3.8, 4) is 5.75 Å². The first-order valence-corrected chi connectivity index (χ1v) is 9.88. The van der Waals surface area contributed by atoms with Gasteiger partial charge in [-0.1, -0.05) is 38.5 Å². The van der Waals surface area contributed by atoms with E-state index < -0.39 is 6.10 Å². The van der Waals surface area contributed by atoms with Crippen LogP contribution >= 0.6 is 0 Å². The number of hydrogen-bond acceptors (Lipinski definition) is 3. The zero-order chi connectivity index (χ0) is 20.5. The number of hydrogen-bond donors (Lipinski definition) is 2. The fourth-order valence-corrected chi connectivity index (χ4v) is 2.75. The highest BCUT2D eigenvalue weighted by molar-refractivity contribution is 6.04. The molecule has 1 unspecified atom stereocenters. The second kappa shape index (κ2) is 10.5. The summed E-state index contributed by atoms with van der Waals surface area (Å²) in [6.07, 6.45) is 1.80. The van der Waals surface area contributed by atoms with Crippen molar-refractivity contribution in [1.29, 1.82) is 0 Å². The van der Waals surface area contributed by atoms with Crippen LogP contribution < -0.4 is 15.4 Å². The van der Waals surface area contributed by atoms with Gasteiger partial charge in [0, 0.05) is 6.54 Å². The number of amides is 2. The van der Waals surface area contributed by atoms with Gasteiger partial charge in [0.2, 0.25) is 0 Å². The summed E-state index contributed by atoms with van der Waals surface area (Å²) in [5, 5.41) is 5.74. The fourth-order valence-electron chi connectivity index (χ4n) is 2.75. The molecule has 2 aromatic rings. The molecule has 5 nitrogen and oxygen atoms in total. The average molecular weight is 383 g/mol. The topological polar surface area (TPSA) is 67.4 Å². The number of aryl methyl sites for hydroxylation is 2. The number of para-hydroxylation sites is 1. The molecule has 0 aromatic heterocycles.